The highest BCUT2D eigenvalue weighted by molar-refractivity contribution is 5.85. The molecule has 0 aliphatic heterocycles. The average Bonchev–Trinajstić information content (AvgIpc) is 2.47. The average molecular weight is 272 g/mol. The number of methoxy groups -OCH3 is 1. The number of aromatic nitrogens is 2. The Kier molecular flexibility index (Phi) is 4.30. The van der Waals surface area contributed by atoms with Gasteiger partial charge in [-0.2, -0.15) is 0 Å². The number of hydrogen-bond acceptors (Lipinski definition) is 4. The van der Waals surface area contributed by atoms with E-state index in [9.17, 15) is 4.79 Å². The zero-order valence-electron chi connectivity index (χ0n) is 11.5. The summed E-state index contributed by atoms with van der Waals surface area (Å²) in [6.07, 6.45) is 2.83. The largest absolute Gasteiger partial charge is 0.496 e. The number of nitrogens with zero attached hydrogens (tertiary/aromatic N) is 2. The summed E-state index contributed by atoms with van der Waals surface area (Å²) < 4.78 is 5.32. The Morgan fingerprint density at radius 2 is 2.15 bits per heavy atom. The minimum absolute atomic E-state index is 0.000568. The summed E-state index contributed by atoms with van der Waals surface area (Å²) in [5.41, 5.74) is 2.14. The smallest absolute Gasteiger partial charge is 0.354 e. The SMILES string of the molecule is CCc1ccc(OC)c(Cc2nccc(C(=O)O)n2)c1. The van der Waals surface area contributed by atoms with E-state index < -0.39 is 5.97 Å². The topological polar surface area (TPSA) is 72.3 Å². The minimum atomic E-state index is -1.05. The molecule has 5 heteroatoms. The molecule has 1 heterocycles. The van der Waals surface area contributed by atoms with Crippen molar-refractivity contribution in [1.29, 1.82) is 0 Å². The second-order valence-corrected chi connectivity index (χ2v) is 4.34. The lowest BCUT2D eigenvalue weighted by Gasteiger charge is -2.09. The molecule has 1 N–H and O–H groups in total. The molecule has 2 aromatic rings. The van der Waals surface area contributed by atoms with Crippen molar-refractivity contribution in [3.63, 3.8) is 0 Å². The lowest BCUT2D eigenvalue weighted by Crippen LogP contribution is -2.06. The van der Waals surface area contributed by atoms with Crippen molar-refractivity contribution in [2.45, 2.75) is 19.8 Å². The van der Waals surface area contributed by atoms with Gasteiger partial charge in [0, 0.05) is 18.2 Å². The van der Waals surface area contributed by atoms with Crippen LogP contribution in [0.15, 0.2) is 30.5 Å². The molecule has 20 heavy (non-hydrogen) atoms. The molecule has 0 saturated heterocycles. The molecular formula is C15H16N2O3. The number of carboxylic acids is 1. The molecule has 0 aliphatic carbocycles. The fourth-order valence-electron chi connectivity index (χ4n) is 1.96. The Balaban J connectivity index is 2.33. The van der Waals surface area contributed by atoms with Crippen LogP contribution >= 0.6 is 0 Å². The summed E-state index contributed by atoms with van der Waals surface area (Å²) in [6, 6.07) is 7.34. The summed E-state index contributed by atoms with van der Waals surface area (Å²) in [7, 11) is 1.61. The van der Waals surface area contributed by atoms with Gasteiger partial charge in [0.05, 0.1) is 7.11 Å². The lowest BCUT2D eigenvalue weighted by atomic mass is 10.0. The molecule has 5 nitrogen and oxygen atoms in total. The van der Waals surface area contributed by atoms with Crippen molar-refractivity contribution >= 4 is 5.97 Å². The molecular weight excluding hydrogens is 256 g/mol. The van der Waals surface area contributed by atoms with Crippen molar-refractivity contribution in [3.8, 4) is 5.75 Å². The first-order chi connectivity index (χ1) is 9.63. The highest BCUT2D eigenvalue weighted by Gasteiger charge is 2.10. The summed E-state index contributed by atoms with van der Waals surface area (Å²) in [5, 5.41) is 8.94. The molecule has 0 unspecified atom stereocenters. The zero-order valence-corrected chi connectivity index (χ0v) is 11.5. The van der Waals surface area contributed by atoms with Crippen LogP contribution < -0.4 is 4.74 Å². The van der Waals surface area contributed by atoms with Gasteiger partial charge in [-0.15, -0.1) is 0 Å². The van der Waals surface area contributed by atoms with E-state index in [0.29, 0.717) is 12.2 Å². The highest BCUT2D eigenvalue weighted by atomic mass is 16.5. The van der Waals surface area contributed by atoms with Crippen LogP contribution in [-0.4, -0.2) is 28.2 Å². The van der Waals surface area contributed by atoms with Gasteiger partial charge in [-0.1, -0.05) is 19.1 Å². The maximum Gasteiger partial charge on any atom is 0.354 e. The number of benzene rings is 1. The Hall–Kier alpha value is -2.43. The van der Waals surface area contributed by atoms with Crippen molar-refractivity contribution in [1.82, 2.24) is 9.97 Å². The molecule has 2 rings (SSSR count). The number of rotatable bonds is 5. The third-order valence-corrected chi connectivity index (χ3v) is 3.03. The Bertz CT molecular complexity index is 626. The molecule has 0 fully saturated rings. The second kappa shape index (κ2) is 6.14. The van der Waals surface area contributed by atoms with Gasteiger partial charge >= 0.3 is 5.97 Å². The second-order valence-electron chi connectivity index (χ2n) is 4.34. The van der Waals surface area contributed by atoms with Gasteiger partial charge in [-0.3, -0.25) is 0 Å². The van der Waals surface area contributed by atoms with E-state index in [0.717, 1.165) is 17.7 Å². The van der Waals surface area contributed by atoms with Gasteiger partial charge in [0.1, 0.15) is 11.6 Å². The number of carboxylic acid groups (broad SMARTS) is 1. The quantitative estimate of drug-likeness (QED) is 0.904. The first-order valence-electron chi connectivity index (χ1n) is 6.35. The normalized spacial score (nSPS) is 10.3. The summed E-state index contributed by atoms with van der Waals surface area (Å²) >= 11 is 0. The maximum absolute atomic E-state index is 10.9. The van der Waals surface area contributed by atoms with Crippen molar-refractivity contribution in [3.05, 3.63) is 53.1 Å². The van der Waals surface area contributed by atoms with Crippen molar-refractivity contribution in [2.75, 3.05) is 7.11 Å². The monoisotopic (exact) mass is 272 g/mol. The van der Waals surface area contributed by atoms with E-state index in [1.165, 1.54) is 17.8 Å². The predicted octanol–water partition coefficient (Wildman–Crippen LogP) is 2.34. The van der Waals surface area contributed by atoms with E-state index in [-0.39, 0.29) is 5.69 Å². The van der Waals surface area contributed by atoms with Crippen LogP contribution in [0.4, 0.5) is 0 Å². The summed E-state index contributed by atoms with van der Waals surface area (Å²) in [6.45, 7) is 2.08. The van der Waals surface area contributed by atoms with Crippen LogP contribution in [0.5, 0.6) is 5.75 Å². The van der Waals surface area contributed by atoms with Gasteiger partial charge in [0.2, 0.25) is 0 Å². The Morgan fingerprint density at radius 3 is 2.80 bits per heavy atom. The van der Waals surface area contributed by atoms with Crippen LogP contribution in [0.1, 0.15) is 34.4 Å². The van der Waals surface area contributed by atoms with Gasteiger partial charge in [0.15, 0.2) is 5.69 Å². The third kappa shape index (κ3) is 3.12. The van der Waals surface area contributed by atoms with Crippen molar-refractivity contribution in [2.24, 2.45) is 0 Å². The Morgan fingerprint density at radius 1 is 1.35 bits per heavy atom. The van der Waals surface area contributed by atoms with Gasteiger partial charge in [-0.25, -0.2) is 14.8 Å². The van der Waals surface area contributed by atoms with E-state index in [4.69, 9.17) is 9.84 Å². The fourth-order valence-corrected chi connectivity index (χ4v) is 1.96. The van der Waals surface area contributed by atoms with E-state index >= 15 is 0 Å². The Labute approximate surface area is 117 Å². The van der Waals surface area contributed by atoms with Crippen LogP contribution in [0.2, 0.25) is 0 Å². The number of ether oxygens (including phenoxy) is 1. The molecule has 104 valence electrons. The minimum Gasteiger partial charge on any atom is -0.496 e. The maximum atomic E-state index is 10.9. The molecule has 0 amide bonds. The van der Waals surface area contributed by atoms with E-state index in [2.05, 4.69) is 16.9 Å². The standard InChI is InChI=1S/C15H16N2O3/c1-3-10-4-5-13(20-2)11(8-10)9-14-16-7-6-12(17-14)15(18)19/h4-8H,3,9H2,1-2H3,(H,18,19). The molecule has 0 bridgehead atoms. The summed E-state index contributed by atoms with van der Waals surface area (Å²) in [5.74, 6) is 0.172. The summed E-state index contributed by atoms with van der Waals surface area (Å²) in [4.78, 5) is 19.1. The van der Waals surface area contributed by atoms with Crippen molar-refractivity contribution < 1.29 is 14.6 Å². The lowest BCUT2D eigenvalue weighted by molar-refractivity contribution is 0.0690. The molecule has 0 atom stereocenters. The highest BCUT2D eigenvalue weighted by Crippen LogP contribution is 2.22. The molecule has 0 spiro atoms. The number of aromatic carboxylic acids is 1. The number of hydrogen-bond donors (Lipinski definition) is 1. The van der Waals surface area contributed by atoms with Gasteiger partial charge in [-0.05, 0) is 24.1 Å². The van der Waals surface area contributed by atoms with E-state index in [1.807, 2.05) is 18.2 Å². The van der Waals surface area contributed by atoms with Gasteiger partial charge < -0.3 is 9.84 Å². The van der Waals surface area contributed by atoms with Crippen LogP contribution in [0.25, 0.3) is 0 Å². The number of aryl methyl sites for hydroxylation is 1. The van der Waals surface area contributed by atoms with Crippen LogP contribution in [0, 0.1) is 0 Å². The zero-order chi connectivity index (χ0) is 14.5. The van der Waals surface area contributed by atoms with Crippen LogP contribution in [-0.2, 0) is 12.8 Å². The molecule has 1 aromatic carbocycles. The predicted molar refractivity (Wildman–Crippen MR) is 74.2 cm³/mol. The fraction of sp³-hybridized carbons (Fsp3) is 0.267. The van der Waals surface area contributed by atoms with Gasteiger partial charge in [0.25, 0.3) is 0 Å². The molecule has 0 aliphatic rings. The van der Waals surface area contributed by atoms with E-state index in [1.54, 1.807) is 7.11 Å². The first-order valence-corrected chi connectivity index (χ1v) is 6.35. The molecule has 0 saturated carbocycles. The first kappa shape index (κ1) is 14.0. The third-order valence-electron chi connectivity index (χ3n) is 3.03. The number of carbonyl (C=O) groups is 1. The van der Waals surface area contributed by atoms with Crippen LogP contribution in [0.3, 0.4) is 0 Å². The molecule has 1 aromatic heterocycles. The molecule has 0 radical (unpaired) electrons.